The van der Waals surface area contributed by atoms with E-state index in [-0.39, 0.29) is 0 Å². The molecule has 0 aliphatic rings. The lowest BCUT2D eigenvalue weighted by atomic mass is 11.0. The largest absolute Gasteiger partial charge is 0.714 e. The van der Waals surface area contributed by atoms with Gasteiger partial charge < -0.3 is 12.2 Å². The third-order valence-corrected chi connectivity index (χ3v) is 2.68. The van der Waals surface area contributed by atoms with Crippen LogP contribution in [0.5, 0.6) is 0 Å². The first-order chi connectivity index (χ1) is 2.56. The van der Waals surface area contributed by atoms with Crippen molar-refractivity contribution < 1.29 is 4.20 Å². The maximum absolute atomic E-state index is 11.9. The molecule has 0 nitrogen and oxygen atoms in total. The van der Waals surface area contributed by atoms with Crippen LogP contribution in [-0.4, -0.2) is 6.16 Å². The van der Waals surface area contributed by atoms with Crippen molar-refractivity contribution in [2.45, 2.75) is 6.92 Å². The van der Waals surface area contributed by atoms with Gasteiger partial charge in [0.15, 0.2) is 0 Å². The van der Waals surface area contributed by atoms with Gasteiger partial charge in [-0.2, -0.15) is 0 Å². The van der Waals surface area contributed by atoms with Crippen LogP contribution in [0.1, 0.15) is 6.92 Å². The standard InChI is InChI=1S/C2H6FPS2/c1-2-4(3,5)6/h2H2,1H3,(H,5,6)/p-1. The van der Waals surface area contributed by atoms with Crippen LogP contribution < -0.4 is 0 Å². The van der Waals surface area contributed by atoms with Crippen LogP contribution in [0, 0.1) is 0 Å². The molecule has 0 N–H and O–H groups in total. The summed E-state index contributed by atoms with van der Waals surface area (Å²) in [6, 6.07) is 0. The molecule has 0 rings (SSSR count). The summed E-state index contributed by atoms with van der Waals surface area (Å²) in [7, 11) is 0. The Morgan fingerprint density at radius 3 is 2.17 bits per heavy atom. The molecule has 0 saturated heterocycles. The quantitative estimate of drug-likeness (QED) is 0.405. The molecule has 0 amide bonds. The Balaban J connectivity index is 3.48. The molecule has 6 heavy (non-hydrogen) atoms. The van der Waals surface area contributed by atoms with E-state index in [4.69, 9.17) is 0 Å². The fourth-order valence-corrected chi connectivity index (χ4v) is 0. The van der Waals surface area contributed by atoms with Gasteiger partial charge in [0.05, 0.1) is 0 Å². The van der Waals surface area contributed by atoms with Crippen molar-refractivity contribution in [2.24, 2.45) is 0 Å². The van der Waals surface area contributed by atoms with E-state index >= 15 is 0 Å². The van der Waals surface area contributed by atoms with Gasteiger partial charge in [-0.25, -0.2) is 4.20 Å². The molecule has 1 unspecified atom stereocenters. The minimum Gasteiger partial charge on any atom is -0.714 e. The lowest BCUT2D eigenvalue weighted by Crippen LogP contribution is -1.65. The molecule has 0 aromatic rings. The molecule has 0 fully saturated rings. The molecule has 0 spiro atoms. The van der Waals surface area contributed by atoms with Gasteiger partial charge in [-0.15, -0.1) is 0 Å². The van der Waals surface area contributed by atoms with E-state index < -0.39 is 5.55 Å². The Morgan fingerprint density at radius 2 is 2.17 bits per heavy atom. The van der Waals surface area contributed by atoms with Gasteiger partial charge in [0.1, 0.15) is 0 Å². The Kier molecular flexibility index (Phi) is 2.65. The summed E-state index contributed by atoms with van der Waals surface area (Å²) in [6.07, 6.45) is 0.345. The Bertz CT molecular complexity index is 75.6. The van der Waals surface area contributed by atoms with Crippen molar-refractivity contribution in [3.05, 3.63) is 0 Å². The highest BCUT2D eigenvalue weighted by atomic mass is 32.9. The second-order valence-electron chi connectivity index (χ2n) is 0.906. The molecule has 4 heteroatoms. The zero-order valence-corrected chi connectivity index (χ0v) is 5.88. The van der Waals surface area contributed by atoms with Crippen molar-refractivity contribution in [3.8, 4) is 0 Å². The van der Waals surface area contributed by atoms with E-state index in [1.54, 1.807) is 6.92 Å². The van der Waals surface area contributed by atoms with E-state index in [0.717, 1.165) is 0 Å². The van der Waals surface area contributed by atoms with Gasteiger partial charge in [-0.3, -0.25) is 0 Å². The molecule has 38 valence electrons. The molecule has 1 atom stereocenters. The average Bonchev–Trinajstić information content (AvgIpc) is 1.35. The van der Waals surface area contributed by atoms with Crippen molar-refractivity contribution in [3.63, 3.8) is 0 Å². The maximum atomic E-state index is 11.9. The first-order valence-electron chi connectivity index (χ1n) is 1.56. The first kappa shape index (κ1) is 6.93. The van der Waals surface area contributed by atoms with E-state index in [1.165, 1.54) is 0 Å². The van der Waals surface area contributed by atoms with Gasteiger partial charge >= 0.3 is 0 Å². The predicted octanol–water partition coefficient (Wildman–Crippen LogP) is 1.83. The molecule has 0 saturated carbocycles. The highest BCUT2D eigenvalue weighted by Crippen LogP contribution is 2.43. The lowest BCUT2D eigenvalue weighted by molar-refractivity contribution is 0.907. The van der Waals surface area contributed by atoms with Crippen molar-refractivity contribution in [1.82, 2.24) is 0 Å². The van der Waals surface area contributed by atoms with Crippen molar-refractivity contribution >= 4 is 29.6 Å². The molecule has 0 aromatic heterocycles. The molecule has 0 aliphatic heterocycles. The van der Waals surface area contributed by atoms with Crippen LogP contribution >= 0.6 is 5.55 Å². The van der Waals surface area contributed by atoms with Gasteiger partial charge in [0.2, 0.25) is 0 Å². The number of rotatable bonds is 1. The second kappa shape index (κ2) is 2.29. The number of hydrogen-bond donors (Lipinski definition) is 0. The van der Waals surface area contributed by atoms with Crippen LogP contribution in [0.2, 0.25) is 0 Å². The van der Waals surface area contributed by atoms with Gasteiger partial charge in [0, 0.05) is 0 Å². The third kappa shape index (κ3) is 4.93. The van der Waals surface area contributed by atoms with Gasteiger partial charge in [-0.1, -0.05) is 18.7 Å². The Morgan fingerprint density at radius 1 is 2.00 bits per heavy atom. The van der Waals surface area contributed by atoms with E-state index in [1.807, 2.05) is 0 Å². The van der Waals surface area contributed by atoms with Gasteiger partial charge in [-0.05, 0) is 11.7 Å². The molecular formula is C2H5FPS2-. The predicted molar refractivity (Wildman–Crippen MR) is 33.3 cm³/mol. The van der Waals surface area contributed by atoms with E-state index in [9.17, 15) is 4.20 Å². The molecule has 0 aromatic carbocycles. The minimum absolute atomic E-state index is 0.345. The van der Waals surface area contributed by atoms with Crippen LogP contribution in [0.3, 0.4) is 0 Å². The first-order valence-corrected chi connectivity index (χ1v) is 5.45. The lowest BCUT2D eigenvalue weighted by Gasteiger charge is -2.12. The second-order valence-corrected chi connectivity index (χ2v) is 6.89. The van der Waals surface area contributed by atoms with Crippen molar-refractivity contribution in [1.29, 1.82) is 0 Å². The summed E-state index contributed by atoms with van der Waals surface area (Å²) in [5.74, 6) is 0. The van der Waals surface area contributed by atoms with Crippen LogP contribution in [0.4, 0.5) is 4.20 Å². The van der Waals surface area contributed by atoms with Gasteiger partial charge in [0.25, 0.3) is 0 Å². The topological polar surface area (TPSA) is 0 Å². The monoisotopic (exact) mass is 143 g/mol. The van der Waals surface area contributed by atoms with E-state index in [0.29, 0.717) is 6.16 Å². The smallest absolute Gasteiger partial charge is 0.00930 e. The maximum Gasteiger partial charge on any atom is -0.00930 e. The summed E-state index contributed by atoms with van der Waals surface area (Å²) < 4.78 is 11.9. The summed E-state index contributed by atoms with van der Waals surface area (Å²) >= 11 is 8.49. The molecule has 0 heterocycles. The highest BCUT2D eigenvalue weighted by molar-refractivity contribution is 8.53. The summed E-state index contributed by atoms with van der Waals surface area (Å²) in [4.78, 5) is 0. The molecule has 0 bridgehead atoms. The zero-order chi connectivity index (χ0) is 5.21. The summed E-state index contributed by atoms with van der Waals surface area (Å²) in [5.41, 5.74) is -2.73. The summed E-state index contributed by atoms with van der Waals surface area (Å²) in [6.45, 7) is 1.67. The number of halogens is 1. The molecule has 0 aliphatic carbocycles. The fraction of sp³-hybridized carbons (Fsp3) is 1.00. The fourth-order valence-electron chi connectivity index (χ4n) is 0. The zero-order valence-electron chi connectivity index (χ0n) is 3.35. The Hall–Kier alpha value is 0.930. The molecular weight excluding hydrogens is 138 g/mol. The minimum atomic E-state index is -2.73. The average molecular weight is 143 g/mol. The number of hydrogen-bond acceptors (Lipinski definition) is 2. The van der Waals surface area contributed by atoms with Crippen molar-refractivity contribution in [2.75, 3.05) is 6.16 Å². The third-order valence-electron chi connectivity index (χ3n) is 0.378. The summed E-state index contributed by atoms with van der Waals surface area (Å²) in [5, 5.41) is 0. The Labute approximate surface area is 47.4 Å². The normalized spacial score (nSPS) is 19.8. The highest BCUT2D eigenvalue weighted by Gasteiger charge is 1.86. The SMILES string of the molecule is CCP(F)(=S)[S-]. The molecule has 0 radical (unpaired) electrons. The van der Waals surface area contributed by atoms with E-state index in [2.05, 4.69) is 24.1 Å². The van der Waals surface area contributed by atoms with Crippen LogP contribution in [0.15, 0.2) is 0 Å². The van der Waals surface area contributed by atoms with Crippen LogP contribution in [-0.2, 0) is 24.1 Å². The van der Waals surface area contributed by atoms with Crippen LogP contribution in [0.25, 0.3) is 0 Å².